The molecule has 0 bridgehead atoms. The molecule has 4 nitrogen and oxygen atoms in total. The summed E-state index contributed by atoms with van der Waals surface area (Å²) < 4.78 is 0. The summed E-state index contributed by atoms with van der Waals surface area (Å²) in [6, 6.07) is 4.99. The first-order valence-electron chi connectivity index (χ1n) is 5.84. The third-order valence-corrected chi connectivity index (χ3v) is 3.42. The SMILES string of the molecule is NCC#Cc1ccc(C(=O)NCc2cscn2)cc1Cl. The van der Waals surface area contributed by atoms with Gasteiger partial charge in [0.05, 0.1) is 29.3 Å². The molecule has 1 aromatic carbocycles. The molecule has 0 saturated heterocycles. The second-order valence-corrected chi connectivity index (χ2v) is 4.99. The number of hydrogen-bond donors (Lipinski definition) is 2. The number of halogens is 1. The molecular formula is C14H12ClN3OS. The van der Waals surface area contributed by atoms with E-state index in [2.05, 4.69) is 22.1 Å². The molecule has 102 valence electrons. The van der Waals surface area contributed by atoms with Crippen LogP contribution in [-0.4, -0.2) is 17.4 Å². The molecule has 0 atom stereocenters. The Bertz CT molecular complexity index is 659. The number of nitrogens with one attached hydrogen (secondary N) is 1. The van der Waals surface area contributed by atoms with Crippen LogP contribution in [0, 0.1) is 11.8 Å². The minimum Gasteiger partial charge on any atom is -0.346 e. The van der Waals surface area contributed by atoms with Crippen molar-refractivity contribution in [3.63, 3.8) is 0 Å². The lowest BCUT2D eigenvalue weighted by molar-refractivity contribution is 0.0950. The second kappa shape index (κ2) is 7.06. The fraction of sp³-hybridized carbons (Fsp3) is 0.143. The van der Waals surface area contributed by atoms with Crippen LogP contribution in [-0.2, 0) is 6.54 Å². The van der Waals surface area contributed by atoms with Crippen LogP contribution < -0.4 is 11.1 Å². The Labute approximate surface area is 126 Å². The molecule has 0 unspecified atom stereocenters. The number of nitrogens with zero attached hydrogens (tertiary/aromatic N) is 1. The standard InChI is InChI=1S/C14H12ClN3OS/c15-13-6-11(4-3-10(13)2-1-5-16)14(19)17-7-12-8-20-9-18-12/h3-4,6,8-9H,5,7,16H2,(H,17,19). The van der Waals surface area contributed by atoms with Crippen molar-refractivity contribution in [1.82, 2.24) is 10.3 Å². The minimum absolute atomic E-state index is 0.196. The summed E-state index contributed by atoms with van der Waals surface area (Å²) in [6.07, 6.45) is 0. The summed E-state index contributed by atoms with van der Waals surface area (Å²) in [4.78, 5) is 16.1. The smallest absolute Gasteiger partial charge is 0.251 e. The maximum absolute atomic E-state index is 12.0. The van der Waals surface area contributed by atoms with E-state index in [9.17, 15) is 4.79 Å². The van der Waals surface area contributed by atoms with Crippen LogP contribution in [0.3, 0.4) is 0 Å². The summed E-state index contributed by atoms with van der Waals surface area (Å²) in [5, 5.41) is 5.11. The predicted octanol–water partition coefficient (Wildman–Crippen LogP) is 2.04. The fourth-order valence-electron chi connectivity index (χ4n) is 1.50. The van der Waals surface area contributed by atoms with Crippen LogP contribution in [0.5, 0.6) is 0 Å². The van der Waals surface area contributed by atoms with Gasteiger partial charge in [-0.25, -0.2) is 4.98 Å². The first-order chi connectivity index (χ1) is 9.70. The summed E-state index contributed by atoms with van der Waals surface area (Å²) in [5.74, 6) is 5.37. The number of aromatic nitrogens is 1. The quantitative estimate of drug-likeness (QED) is 0.853. The lowest BCUT2D eigenvalue weighted by atomic mass is 10.1. The molecule has 0 aliphatic heterocycles. The summed E-state index contributed by atoms with van der Waals surface area (Å²) in [6.45, 7) is 0.668. The van der Waals surface area contributed by atoms with Crippen LogP contribution in [0.1, 0.15) is 21.6 Å². The molecule has 1 aromatic heterocycles. The molecule has 6 heteroatoms. The zero-order chi connectivity index (χ0) is 14.4. The van der Waals surface area contributed by atoms with E-state index in [1.54, 1.807) is 23.7 Å². The lowest BCUT2D eigenvalue weighted by Gasteiger charge is -2.04. The molecule has 0 spiro atoms. The van der Waals surface area contributed by atoms with Crippen LogP contribution in [0.4, 0.5) is 0 Å². The predicted molar refractivity (Wildman–Crippen MR) is 80.7 cm³/mol. The molecule has 1 heterocycles. The molecule has 0 saturated carbocycles. The number of rotatable bonds is 3. The van der Waals surface area contributed by atoms with Crippen molar-refractivity contribution in [2.45, 2.75) is 6.54 Å². The van der Waals surface area contributed by atoms with Gasteiger partial charge in [0.25, 0.3) is 5.91 Å². The van der Waals surface area contributed by atoms with Crippen molar-refractivity contribution in [3.8, 4) is 11.8 Å². The number of hydrogen-bond acceptors (Lipinski definition) is 4. The Hall–Kier alpha value is -1.87. The van der Waals surface area contributed by atoms with Crippen LogP contribution >= 0.6 is 22.9 Å². The van der Waals surface area contributed by atoms with Gasteiger partial charge in [-0.3, -0.25) is 4.79 Å². The molecule has 0 aliphatic rings. The van der Waals surface area contributed by atoms with Gasteiger partial charge in [-0.15, -0.1) is 11.3 Å². The van der Waals surface area contributed by atoms with Gasteiger partial charge >= 0.3 is 0 Å². The molecule has 2 aromatic rings. The molecule has 1 amide bonds. The average Bonchev–Trinajstić information content (AvgIpc) is 2.96. The van der Waals surface area contributed by atoms with E-state index < -0.39 is 0 Å². The minimum atomic E-state index is -0.196. The van der Waals surface area contributed by atoms with Gasteiger partial charge in [-0.1, -0.05) is 23.4 Å². The van der Waals surface area contributed by atoms with Crippen molar-refractivity contribution < 1.29 is 4.79 Å². The molecule has 0 fully saturated rings. The first kappa shape index (κ1) is 14.5. The van der Waals surface area contributed by atoms with Gasteiger partial charge in [0.15, 0.2) is 0 Å². The first-order valence-corrected chi connectivity index (χ1v) is 7.16. The van der Waals surface area contributed by atoms with Crippen molar-refractivity contribution in [2.24, 2.45) is 5.73 Å². The van der Waals surface area contributed by atoms with Crippen LogP contribution in [0.15, 0.2) is 29.1 Å². The van der Waals surface area contributed by atoms with Crippen molar-refractivity contribution in [1.29, 1.82) is 0 Å². The third kappa shape index (κ3) is 3.81. The average molecular weight is 306 g/mol. The van der Waals surface area contributed by atoms with Crippen LogP contribution in [0.2, 0.25) is 5.02 Å². The Morgan fingerprint density at radius 1 is 1.50 bits per heavy atom. The maximum atomic E-state index is 12.0. The molecule has 0 radical (unpaired) electrons. The zero-order valence-electron chi connectivity index (χ0n) is 10.5. The van der Waals surface area contributed by atoms with Crippen molar-refractivity contribution in [2.75, 3.05) is 6.54 Å². The topological polar surface area (TPSA) is 68.0 Å². The zero-order valence-corrected chi connectivity index (χ0v) is 12.1. The second-order valence-electron chi connectivity index (χ2n) is 3.86. The van der Waals surface area contributed by atoms with E-state index >= 15 is 0 Å². The number of amides is 1. The Morgan fingerprint density at radius 3 is 3.00 bits per heavy atom. The number of nitrogens with two attached hydrogens (primary N) is 1. The third-order valence-electron chi connectivity index (χ3n) is 2.47. The summed E-state index contributed by atoms with van der Waals surface area (Å²) in [7, 11) is 0. The summed E-state index contributed by atoms with van der Waals surface area (Å²) >= 11 is 7.57. The highest BCUT2D eigenvalue weighted by molar-refractivity contribution is 7.07. The van der Waals surface area contributed by atoms with E-state index in [0.717, 1.165) is 5.69 Å². The van der Waals surface area contributed by atoms with Crippen LogP contribution in [0.25, 0.3) is 0 Å². The molecular weight excluding hydrogens is 294 g/mol. The Balaban J connectivity index is 2.05. The van der Waals surface area contributed by atoms with Crippen molar-refractivity contribution >= 4 is 28.8 Å². The fourth-order valence-corrected chi connectivity index (χ4v) is 2.29. The highest BCUT2D eigenvalue weighted by Crippen LogP contribution is 2.17. The monoisotopic (exact) mass is 305 g/mol. The molecule has 2 rings (SSSR count). The molecule has 0 aliphatic carbocycles. The van der Waals surface area contributed by atoms with E-state index in [4.69, 9.17) is 17.3 Å². The van der Waals surface area contributed by atoms with Gasteiger partial charge in [-0.05, 0) is 18.2 Å². The Morgan fingerprint density at radius 2 is 2.35 bits per heavy atom. The van der Waals surface area contributed by atoms with Gasteiger partial charge in [-0.2, -0.15) is 0 Å². The highest BCUT2D eigenvalue weighted by Gasteiger charge is 2.08. The maximum Gasteiger partial charge on any atom is 0.251 e. The Kier molecular flexibility index (Phi) is 5.13. The number of carbonyl (C=O) groups excluding carboxylic acids is 1. The summed E-state index contributed by atoms with van der Waals surface area (Å²) in [5.41, 5.74) is 9.01. The number of benzene rings is 1. The highest BCUT2D eigenvalue weighted by atomic mass is 35.5. The van der Waals surface area contributed by atoms with E-state index in [1.165, 1.54) is 11.3 Å². The van der Waals surface area contributed by atoms with Crippen molar-refractivity contribution in [3.05, 3.63) is 50.9 Å². The lowest BCUT2D eigenvalue weighted by Crippen LogP contribution is -2.22. The van der Waals surface area contributed by atoms with Gasteiger partial charge in [0, 0.05) is 16.5 Å². The number of carbonyl (C=O) groups is 1. The van der Waals surface area contributed by atoms with E-state index in [-0.39, 0.29) is 12.5 Å². The van der Waals surface area contributed by atoms with E-state index in [0.29, 0.717) is 22.7 Å². The van der Waals surface area contributed by atoms with Gasteiger partial charge in [0.2, 0.25) is 0 Å². The largest absolute Gasteiger partial charge is 0.346 e. The van der Waals surface area contributed by atoms with Gasteiger partial charge < -0.3 is 11.1 Å². The normalized spacial score (nSPS) is 9.70. The molecule has 20 heavy (non-hydrogen) atoms. The van der Waals surface area contributed by atoms with E-state index in [1.807, 2.05) is 5.38 Å². The molecule has 3 N–H and O–H groups in total. The number of thiazole rings is 1. The van der Waals surface area contributed by atoms with Gasteiger partial charge in [0.1, 0.15) is 0 Å².